The third-order valence-corrected chi connectivity index (χ3v) is 4.76. The molecule has 10 heteroatoms. The van der Waals surface area contributed by atoms with Crippen molar-refractivity contribution in [2.24, 2.45) is 5.14 Å². The van der Waals surface area contributed by atoms with Gasteiger partial charge in [-0.25, -0.2) is 23.2 Å². The lowest BCUT2D eigenvalue weighted by molar-refractivity contribution is 0.598. The van der Waals surface area contributed by atoms with Crippen LogP contribution >= 0.6 is 12.2 Å². The van der Waals surface area contributed by atoms with Gasteiger partial charge in [0.05, 0.1) is 11.4 Å². The van der Waals surface area contributed by atoms with E-state index in [1.165, 1.54) is 17.7 Å². The Kier molecular flexibility index (Phi) is 5.49. The van der Waals surface area contributed by atoms with Gasteiger partial charge < -0.3 is 5.32 Å². The van der Waals surface area contributed by atoms with Gasteiger partial charge in [0.2, 0.25) is 16.0 Å². The van der Waals surface area contributed by atoms with Gasteiger partial charge in [-0.15, -0.1) is 5.10 Å². The van der Waals surface area contributed by atoms with Crippen molar-refractivity contribution in [1.82, 2.24) is 14.8 Å². The molecule has 0 saturated carbocycles. The summed E-state index contributed by atoms with van der Waals surface area (Å²) in [6.45, 7) is 2.64. The number of thiocarbonyl (C=S) groups is 1. The monoisotopic (exact) mass is 402 g/mol. The quantitative estimate of drug-likeness (QED) is 0.560. The summed E-state index contributed by atoms with van der Waals surface area (Å²) in [5.41, 5.74) is 2.92. The maximum atomic E-state index is 11.3. The van der Waals surface area contributed by atoms with Crippen molar-refractivity contribution in [3.8, 4) is 0 Å². The molecule has 3 aromatic rings. The Morgan fingerprint density at radius 3 is 2.59 bits per heavy atom. The van der Waals surface area contributed by atoms with E-state index in [4.69, 9.17) is 17.4 Å². The zero-order valence-electron chi connectivity index (χ0n) is 14.5. The molecule has 0 saturated heterocycles. The Bertz CT molecular complexity index is 1060. The van der Waals surface area contributed by atoms with E-state index >= 15 is 0 Å². The van der Waals surface area contributed by atoms with Crippen LogP contribution in [-0.2, 0) is 16.6 Å². The van der Waals surface area contributed by atoms with Gasteiger partial charge in [-0.3, -0.25) is 5.32 Å². The molecule has 0 aliphatic carbocycles. The lowest BCUT2D eigenvalue weighted by Crippen LogP contribution is -2.20. The first kappa shape index (κ1) is 19.0. The number of nitrogens with zero attached hydrogens (tertiary/aromatic N) is 3. The predicted octanol–water partition coefficient (Wildman–Crippen LogP) is 2.09. The van der Waals surface area contributed by atoms with Crippen LogP contribution < -0.4 is 15.8 Å². The van der Waals surface area contributed by atoms with E-state index in [1.54, 1.807) is 23.1 Å². The summed E-state index contributed by atoms with van der Waals surface area (Å²) in [7, 11) is -3.72. The average Bonchev–Trinajstić information content (AvgIpc) is 3.01. The number of nitrogens with one attached hydrogen (secondary N) is 2. The summed E-state index contributed by atoms with van der Waals surface area (Å²) in [6, 6.07) is 14.1. The SMILES string of the molecule is Cc1cccc(Cn2cnc(NC(=S)Nc3ccc(S(N)(=O)=O)cc3)n2)c1. The number of hydrogen-bond donors (Lipinski definition) is 3. The van der Waals surface area contributed by atoms with Crippen LogP contribution in [0.15, 0.2) is 59.8 Å². The largest absolute Gasteiger partial charge is 0.332 e. The molecule has 8 nitrogen and oxygen atoms in total. The topological polar surface area (TPSA) is 115 Å². The van der Waals surface area contributed by atoms with Gasteiger partial charge in [0.1, 0.15) is 6.33 Å². The number of aryl methyl sites for hydroxylation is 1. The molecule has 0 atom stereocenters. The Hall–Kier alpha value is -2.82. The minimum Gasteiger partial charge on any atom is -0.332 e. The predicted molar refractivity (Wildman–Crippen MR) is 108 cm³/mol. The van der Waals surface area contributed by atoms with Gasteiger partial charge in [0.15, 0.2) is 5.11 Å². The number of primary sulfonamides is 1. The second-order valence-electron chi connectivity index (χ2n) is 5.90. The first-order valence-electron chi connectivity index (χ1n) is 7.95. The van der Waals surface area contributed by atoms with E-state index < -0.39 is 10.0 Å². The molecule has 0 bridgehead atoms. The molecule has 0 aliphatic rings. The molecule has 27 heavy (non-hydrogen) atoms. The van der Waals surface area contributed by atoms with Crippen molar-refractivity contribution in [1.29, 1.82) is 0 Å². The summed E-state index contributed by atoms with van der Waals surface area (Å²) in [6.07, 6.45) is 1.62. The fourth-order valence-corrected chi connectivity index (χ4v) is 3.14. The number of rotatable bonds is 5. The second kappa shape index (κ2) is 7.82. The number of nitrogens with two attached hydrogens (primary N) is 1. The van der Waals surface area contributed by atoms with Crippen molar-refractivity contribution in [3.63, 3.8) is 0 Å². The molecular formula is C17H18N6O2S2. The molecule has 1 heterocycles. The van der Waals surface area contributed by atoms with Crippen LogP contribution in [0.1, 0.15) is 11.1 Å². The minimum atomic E-state index is -3.72. The highest BCUT2D eigenvalue weighted by atomic mass is 32.2. The number of aromatic nitrogens is 3. The third kappa shape index (κ3) is 5.33. The van der Waals surface area contributed by atoms with Crippen molar-refractivity contribution >= 4 is 39.0 Å². The molecule has 4 N–H and O–H groups in total. The molecular weight excluding hydrogens is 384 g/mol. The number of hydrogen-bond acceptors (Lipinski definition) is 5. The van der Waals surface area contributed by atoms with Crippen LogP contribution in [-0.4, -0.2) is 28.3 Å². The fourth-order valence-electron chi connectivity index (χ4n) is 2.42. The van der Waals surface area contributed by atoms with Crippen molar-refractivity contribution in [3.05, 3.63) is 66.0 Å². The second-order valence-corrected chi connectivity index (χ2v) is 7.87. The highest BCUT2D eigenvalue weighted by Gasteiger charge is 2.08. The number of anilines is 2. The molecule has 2 aromatic carbocycles. The van der Waals surface area contributed by atoms with Gasteiger partial charge in [0, 0.05) is 5.69 Å². The Labute approximate surface area is 162 Å². The molecule has 0 spiro atoms. The maximum absolute atomic E-state index is 11.3. The van der Waals surface area contributed by atoms with Gasteiger partial charge in [0.25, 0.3) is 0 Å². The first-order valence-corrected chi connectivity index (χ1v) is 9.91. The van der Waals surface area contributed by atoms with Crippen molar-refractivity contribution < 1.29 is 8.42 Å². The first-order chi connectivity index (χ1) is 12.8. The van der Waals surface area contributed by atoms with E-state index in [2.05, 4.69) is 26.8 Å². The minimum absolute atomic E-state index is 0.0310. The molecule has 0 radical (unpaired) electrons. The number of sulfonamides is 1. The van der Waals surface area contributed by atoms with Crippen LogP contribution in [0.3, 0.4) is 0 Å². The lowest BCUT2D eigenvalue weighted by Gasteiger charge is -2.08. The summed E-state index contributed by atoms with van der Waals surface area (Å²) < 4.78 is 24.2. The van der Waals surface area contributed by atoms with E-state index in [0.717, 1.165) is 5.56 Å². The summed E-state index contributed by atoms with van der Waals surface area (Å²) in [5, 5.41) is 15.5. The fraction of sp³-hybridized carbons (Fsp3) is 0.118. The zero-order valence-corrected chi connectivity index (χ0v) is 16.1. The van der Waals surface area contributed by atoms with Crippen LogP contribution in [0.25, 0.3) is 0 Å². The van der Waals surface area contributed by atoms with Crippen LogP contribution in [0.4, 0.5) is 11.6 Å². The summed E-state index contributed by atoms with van der Waals surface area (Å²) in [4.78, 5) is 4.21. The van der Waals surface area contributed by atoms with Crippen molar-refractivity contribution in [2.45, 2.75) is 18.4 Å². The average molecular weight is 403 g/mol. The highest BCUT2D eigenvalue weighted by molar-refractivity contribution is 7.89. The summed E-state index contributed by atoms with van der Waals surface area (Å²) in [5.74, 6) is 0.362. The van der Waals surface area contributed by atoms with Crippen molar-refractivity contribution in [2.75, 3.05) is 10.6 Å². The van der Waals surface area contributed by atoms with E-state index in [-0.39, 0.29) is 10.0 Å². The van der Waals surface area contributed by atoms with Gasteiger partial charge in [-0.1, -0.05) is 29.8 Å². The standard InChI is InChI=1S/C17H18N6O2S2/c1-12-3-2-4-13(9-12)10-23-11-19-16(22-23)21-17(26)20-14-5-7-15(8-6-14)27(18,24)25/h2-9,11H,10H2,1H3,(H2,18,24,25)(H2,20,21,22,26). The smallest absolute Gasteiger partial charge is 0.248 e. The molecule has 0 fully saturated rings. The normalized spacial score (nSPS) is 11.2. The van der Waals surface area contributed by atoms with E-state index in [9.17, 15) is 8.42 Å². The number of benzene rings is 2. The van der Waals surface area contributed by atoms with E-state index in [1.807, 2.05) is 25.1 Å². The lowest BCUT2D eigenvalue weighted by atomic mass is 10.1. The summed E-state index contributed by atoms with van der Waals surface area (Å²) >= 11 is 5.23. The Morgan fingerprint density at radius 2 is 1.93 bits per heavy atom. The Balaban J connectivity index is 1.59. The van der Waals surface area contributed by atoms with Crippen LogP contribution in [0.2, 0.25) is 0 Å². The molecule has 0 aliphatic heterocycles. The van der Waals surface area contributed by atoms with Gasteiger partial charge in [-0.05, 0) is 49.0 Å². The van der Waals surface area contributed by atoms with Gasteiger partial charge in [-0.2, -0.15) is 0 Å². The van der Waals surface area contributed by atoms with Gasteiger partial charge >= 0.3 is 0 Å². The van der Waals surface area contributed by atoms with Crippen LogP contribution in [0, 0.1) is 6.92 Å². The molecule has 0 amide bonds. The van der Waals surface area contributed by atoms with Crippen LogP contribution in [0.5, 0.6) is 0 Å². The zero-order chi connectivity index (χ0) is 19.4. The molecule has 1 aromatic heterocycles. The molecule has 3 rings (SSSR count). The molecule has 140 valence electrons. The third-order valence-electron chi connectivity index (χ3n) is 3.63. The molecule has 0 unspecified atom stereocenters. The maximum Gasteiger partial charge on any atom is 0.248 e. The van der Waals surface area contributed by atoms with E-state index in [0.29, 0.717) is 18.2 Å². The highest BCUT2D eigenvalue weighted by Crippen LogP contribution is 2.13. The Morgan fingerprint density at radius 1 is 1.19 bits per heavy atom.